The lowest BCUT2D eigenvalue weighted by atomic mass is 10.1. The molecule has 0 fully saturated rings. The molecule has 3 heterocycles. The monoisotopic (exact) mass is 353 g/mol. The van der Waals surface area contributed by atoms with Crippen molar-refractivity contribution < 1.29 is 4.79 Å². The number of nitrogens with one attached hydrogen (secondary N) is 1. The highest BCUT2D eigenvalue weighted by Crippen LogP contribution is 2.29. The summed E-state index contributed by atoms with van der Waals surface area (Å²) in [5.41, 5.74) is 1.89. The number of aromatic amines is 1. The summed E-state index contributed by atoms with van der Waals surface area (Å²) in [7, 11) is 0. The second-order valence-electron chi connectivity index (χ2n) is 4.68. The summed E-state index contributed by atoms with van der Waals surface area (Å²) in [4.78, 5) is 33.8. The summed E-state index contributed by atoms with van der Waals surface area (Å²) in [6, 6.07) is 1.88. The van der Waals surface area contributed by atoms with Crippen LogP contribution in [0.25, 0.3) is 0 Å². The molecule has 7 heteroatoms. The van der Waals surface area contributed by atoms with Crippen molar-refractivity contribution in [1.82, 2.24) is 14.9 Å². The zero-order valence-corrected chi connectivity index (χ0v) is 13.2. The molecule has 20 heavy (non-hydrogen) atoms. The number of hydrogen-bond donors (Lipinski definition) is 1. The number of thiophene rings is 1. The van der Waals surface area contributed by atoms with Gasteiger partial charge in [0.2, 0.25) is 0 Å². The Morgan fingerprint density at radius 2 is 2.35 bits per heavy atom. The van der Waals surface area contributed by atoms with Crippen LogP contribution in [0.4, 0.5) is 0 Å². The standard InChI is InChI=1S/C13H12BrN3O2S/c1-7-4-8(11(14)20-7)13(19)17-3-2-10-9(5-17)12(18)16-6-15-10/h4,6H,2-3,5H2,1H3,(H,15,16,18). The van der Waals surface area contributed by atoms with E-state index in [0.29, 0.717) is 30.6 Å². The van der Waals surface area contributed by atoms with Crippen LogP contribution in [-0.4, -0.2) is 27.3 Å². The minimum absolute atomic E-state index is 0.0462. The molecule has 0 aliphatic carbocycles. The third-order valence-corrected chi connectivity index (χ3v) is 5.09. The van der Waals surface area contributed by atoms with E-state index in [1.807, 2.05) is 13.0 Å². The number of fused-ring (bicyclic) bond motifs is 1. The van der Waals surface area contributed by atoms with Crippen molar-refractivity contribution in [3.8, 4) is 0 Å². The van der Waals surface area contributed by atoms with Crippen molar-refractivity contribution in [1.29, 1.82) is 0 Å². The summed E-state index contributed by atoms with van der Waals surface area (Å²) in [5.74, 6) is -0.0462. The Labute approximate surface area is 127 Å². The summed E-state index contributed by atoms with van der Waals surface area (Å²) < 4.78 is 0.839. The molecule has 3 rings (SSSR count). The Hall–Kier alpha value is -1.47. The van der Waals surface area contributed by atoms with Crippen molar-refractivity contribution >= 4 is 33.2 Å². The molecule has 0 aromatic carbocycles. The number of H-pyrrole nitrogens is 1. The van der Waals surface area contributed by atoms with E-state index in [2.05, 4.69) is 25.9 Å². The van der Waals surface area contributed by atoms with Gasteiger partial charge in [-0.3, -0.25) is 9.59 Å². The molecule has 5 nitrogen and oxygen atoms in total. The number of rotatable bonds is 1. The molecule has 0 unspecified atom stereocenters. The molecule has 0 radical (unpaired) electrons. The third kappa shape index (κ3) is 2.31. The van der Waals surface area contributed by atoms with Gasteiger partial charge in [-0.1, -0.05) is 0 Å². The first kappa shape index (κ1) is 13.5. The molecular formula is C13H12BrN3O2S. The lowest BCUT2D eigenvalue weighted by Gasteiger charge is -2.27. The van der Waals surface area contributed by atoms with Crippen LogP contribution in [0.3, 0.4) is 0 Å². The van der Waals surface area contributed by atoms with Gasteiger partial charge in [0, 0.05) is 17.8 Å². The SMILES string of the molecule is Cc1cc(C(=O)N2CCc3nc[nH]c(=O)c3C2)c(Br)s1. The zero-order chi connectivity index (χ0) is 14.3. The number of hydrogen-bond acceptors (Lipinski definition) is 4. The average molecular weight is 354 g/mol. The van der Waals surface area contributed by atoms with E-state index >= 15 is 0 Å². The summed E-state index contributed by atoms with van der Waals surface area (Å²) in [5, 5.41) is 0. The molecule has 0 saturated carbocycles. The van der Waals surface area contributed by atoms with Gasteiger partial charge >= 0.3 is 0 Å². The topological polar surface area (TPSA) is 66.1 Å². The number of carbonyl (C=O) groups excluding carboxylic acids is 1. The number of amides is 1. The predicted molar refractivity (Wildman–Crippen MR) is 80.1 cm³/mol. The van der Waals surface area contributed by atoms with E-state index in [1.165, 1.54) is 17.7 Å². The lowest BCUT2D eigenvalue weighted by molar-refractivity contribution is 0.0732. The molecule has 0 spiro atoms. The predicted octanol–water partition coefficient (Wildman–Crippen LogP) is 2.10. The molecule has 1 aliphatic rings. The molecule has 104 valence electrons. The average Bonchev–Trinajstić information content (AvgIpc) is 2.77. The summed E-state index contributed by atoms with van der Waals surface area (Å²) in [6.07, 6.45) is 2.03. The molecule has 1 amide bonds. The molecule has 1 aliphatic heterocycles. The maximum absolute atomic E-state index is 12.5. The Balaban J connectivity index is 1.91. The fraction of sp³-hybridized carbons (Fsp3) is 0.308. The fourth-order valence-electron chi connectivity index (χ4n) is 2.33. The van der Waals surface area contributed by atoms with Crippen molar-refractivity contribution in [2.24, 2.45) is 0 Å². The first-order chi connectivity index (χ1) is 9.56. The van der Waals surface area contributed by atoms with Crippen LogP contribution < -0.4 is 5.56 Å². The number of nitrogens with zero attached hydrogens (tertiary/aromatic N) is 2. The van der Waals surface area contributed by atoms with Crippen LogP contribution in [0, 0.1) is 6.92 Å². The maximum Gasteiger partial charge on any atom is 0.256 e. The number of aryl methyl sites for hydroxylation is 1. The smallest absolute Gasteiger partial charge is 0.256 e. The molecular weight excluding hydrogens is 342 g/mol. The number of carbonyl (C=O) groups is 1. The van der Waals surface area contributed by atoms with E-state index in [4.69, 9.17) is 0 Å². The summed E-state index contributed by atoms with van der Waals surface area (Å²) in [6.45, 7) is 2.87. The van der Waals surface area contributed by atoms with Gasteiger partial charge in [-0.15, -0.1) is 11.3 Å². The highest BCUT2D eigenvalue weighted by Gasteiger charge is 2.26. The largest absolute Gasteiger partial charge is 0.334 e. The zero-order valence-electron chi connectivity index (χ0n) is 10.8. The fourth-order valence-corrected chi connectivity index (χ4v) is 4.10. The molecule has 0 atom stereocenters. The first-order valence-electron chi connectivity index (χ1n) is 6.17. The highest BCUT2D eigenvalue weighted by atomic mass is 79.9. The van der Waals surface area contributed by atoms with Gasteiger partial charge in [0.1, 0.15) is 0 Å². The van der Waals surface area contributed by atoms with E-state index in [1.54, 1.807) is 4.90 Å². The van der Waals surface area contributed by atoms with Crippen LogP contribution >= 0.6 is 27.3 Å². The Kier molecular flexibility index (Phi) is 3.47. The molecule has 2 aromatic rings. The van der Waals surface area contributed by atoms with Gasteiger partial charge in [-0.2, -0.15) is 0 Å². The van der Waals surface area contributed by atoms with Crippen LogP contribution in [0.1, 0.15) is 26.5 Å². The van der Waals surface area contributed by atoms with E-state index < -0.39 is 0 Å². The Morgan fingerprint density at radius 1 is 1.55 bits per heavy atom. The van der Waals surface area contributed by atoms with Crippen molar-refractivity contribution in [3.05, 3.63) is 48.2 Å². The van der Waals surface area contributed by atoms with Gasteiger partial charge < -0.3 is 9.88 Å². The molecule has 2 aromatic heterocycles. The van der Waals surface area contributed by atoms with Crippen LogP contribution in [0.2, 0.25) is 0 Å². The van der Waals surface area contributed by atoms with E-state index in [0.717, 1.165) is 14.4 Å². The van der Waals surface area contributed by atoms with Crippen molar-refractivity contribution in [2.75, 3.05) is 6.54 Å². The third-order valence-electron chi connectivity index (χ3n) is 3.33. The van der Waals surface area contributed by atoms with Gasteiger partial charge in [-0.25, -0.2) is 4.98 Å². The first-order valence-corrected chi connectivity index (χ1v) is 7.78. The van der Waals surface area contributed by atoms with E-state index in [-0.39, 0.29) is 11.5 Å². The number of halogens is 1. The normalized spacial score (nSPS) is 14.2. The van der Waals surface area contributed by atoms with Crippen molar-refractivity contribution in [2.45, 2.75) is 19.9 Å². The van der Waals surface area contributed by atoms with Crippen molar-refractivity contribution in [3.63, 3.8) is 0 Å². The molecule has 0 bridgehead atoms. The maximum atomic E-state index is 12.5. The Morgan fingerprint density at radius 3 is 3.05 bits per heavy atom. The van der Waals surface area contributed by atoms with Gasteiger partial charge in [-0.05, 0) is 28.9 Å². The van der Waals surface area contributed by atoms with Crippen LogP contribution in [-0.2, 0) is 13.0 Å². The lowest BCUT2D eigenvalue weighted by Crippen LogP contribution is -2.39. The molecule has 0 saturated heterocycles. The Bertz CT molecular complexity index is 737. The molecule has 1 N–H and O–H groups in total. The van der Waals surface area contributed by atoms with Crippen LogP contribution in [0.5, 0.6) is 0 Å². The van der Waals surface area contributed by atoms with Crippen LogP contribution in [0.15, 0.2) is 21.0 Å². The number of aromatic nitrogens is 2. The second kappa shape index (κ2) is 5.14. The van der Waals surface area contributed by atoms with Gasteiger partial charge in [0.15, 0.2) is 0 Å². The quantitative estimate of drug-likeness (QED) is 0.853. The minimum atomic E-state index is -0.159. The van der Waals surface area contributed by atoms with Gasteiger partial charge in [0.25, 0.3) is 11.5 Å². The highest BCUT2D eigenvalue weighted by molar-refractivity contribution is 9.11. The van der Waals surface area contributed by atoms with Gasteiger partial charge in [0.05, 0.1) is 33.5 Å². The minimum Gasteiger partial charge on any atom is -0.334 e. The summed E-state index contributed by atoms with van der Waals surface area (Å²) >= 11 is 4.96. The second-order valence-corrected chi connectivity index (χ2v) is 7.25. The van der Waals surface area contributed by atoms with E-state index in [9.17, 15) is 9.59 Å².